The van der Waals surface area contributed by atoms with Crippen LogP contribution in [0.15, 0.2) is 72.8 Å². The van der Waals surface area contributed by atoms with E-state index in [1.54, 1.807) is 36.4 Å². The highest BCUT2D eigenvalue weighted by Gasteiger charge is 2.19. The highest BCUT2D eigenvalue weighted by atomic mass is 35.5. The van der Waals surface area contributed by atoms with Crippen molar-refractivity contribution in [3.05, 3.63) is 98.8 Å². The summed E-state index contributed by atoms with van der Waals surface area (Å²) in [4.78, 5) is 26.0. The van der Waals surface area contributed by atoms with E-state index in [9.17, 15) is 9.59 Å². The lowest BCUT2D eigenvalue weighted by molar-refractivity contribution is 0.0952. The van der Waals surface area contributed by atoms with Crippen LogP contribution in [0.2, 0.25) is 10.0 Å². The minimum absolute atomic E-state index is 0.289. The van der Waals surface area contributed by atoms with Gasteiger partial charge in [-0.15, -0.1) is 11.3 Å². The number of thiophene rings is 1. The molecule has 0 radical (unpaired) electrons. The van der Waals surface area contributed by atoms with Gasteiger partial charge in [-0.25, -0.2) is 0 Å². The van der Waals surface area contributed by atoms with E-state index < -0.39 is 0 Å². The van der Waals surface area contributed by atoms with Crippen molar-refractivity contribution in [2.75, 3.05) is 5.32 Å². The Morgan fingerprint density at radius 3 is 2.30 bits per heavy atom. The van der Waals surface area contributed by atoms with Crippen LogP contribution in [0.3, 0.4) is 0 Å². The number of anilines is 1. The fourth-order valence-corrected chi connectivity index (χ4v) is 4.55. The zero-order chi connectivity index (χ0) is 21.1. The molecule has 0 aliphatic rings. The Morgan fingerprint density at radius 1 is 0.833 bits per heavy atom. The van der Waals surface area contributed by atoms with Crippen LogP contribution in [0.1, 0.15) is 25.6 Å². The van der Waals surface area contributed by atoms with Crippen molar-refractivity contribution in [3.63, 3.8) is 0 Å². The number of amides is 2. The highest BCUT2D eigenvalue weighted by molar-refractivity contribution is 7.21. The molecular weight excluding hydrogens is 439 g/mol. The fraction of sp³-hybridized carbons (Fsp3) is 0.0435. The fourth-order valence-electron chi connectivity index (χ4n) is 3.01. The van der Waals surface area contributed by atoms with Crippen LogP contribution < -0.4 is 10.6 Å². The minimum atomic E-state index is -0.348. The van der Waals surface area contributed by atoms with Gasteiger partial charge in [0, 0.05) is 21.7 Å². The lowest BCUT2D eigenvalue weighted by atomic mass is 10.1. The molecule has 7 heteroatoms. The maximum Gasteiger partial charge on any atom is 0.267 e. The summed E-state index contributed by atoms with van der Waals surface area (Å²) in [6, 6.07) is 21.7. The summed E-state index contributed by atoms with van der Waals surface area (Å²) < 4.78 is 0.932. The van der Waals surface area contributed by atoms with E-state index in [2.05, 4.69) is 10.6 Å². The molecule has 0 spiro atoms. The number of hydrogen-bond acceptors (Lipinski definition) is 3. The summed E-state index contributed by atoms with van der Waals surface area (Å²) >= 11 is 13.6. The number of carbonyl (C=O) groups excluding carboxylic acids is 2. The van der Waals surface area contributed by atoms with E-state index in [-0.39, 0.29) is 11.8 Å². The summed E-state index contributed by atoms with van der Waals surface area (Å²) in [7, 11) is 0. The number of para-hydroxylation sites is 1. The van der Waals surface area contributed by atoms with Crippen molar-refractivity contribution in [3.8, 4) is 0 Å². The number of carbonyl (C=O) groups is 2. The third-order valence-corrected chi connectivity index (χ3v) is 6.45. The Balaban J connectivity index is 1.52. The van der Waals surface area contributed by atoms with Gasteiger partial charge in [0.05, 0.1) is 16.3 Å². The molecule has 2 N–H and O–H groups in total. The Kier molecular flexibility index (Phi) is 6.04. The normalized spacial score (nSPS) is 10.7. The number of benzene rings is 3. The van der Waals surface area contributed by atoms with Gasteiger partial charge in [0.25, 0.3) is 11.8 Å². The van der Waals surface area contributed by atoms with Gasteiger partial charge >= 0.3 is 0 Å². The molecule has 4 rings (SSSR count). The first-order valence-electron chi connectivity index (χ1n) is 9.13. The maximum absolute atomic E-state index is 12.9. The quantitative estimate of drug-likeness (QED) is 0.366. The first-order valence-corrected chi connectivity index (χ1v) is 10.7. The van der Waals surface area contributed by atoms with Crippen LogP contribution in [-0.2, 0) is 6.54 Å². The van der Waals surface area contributed by atoms with Gasteiger partial charge in [-0.1, -0.05) is 65.7 Å². The molecule has 0 aliphatic heterocycles. The van der Waals surface area contributed by atoms with Crippen LogP contribution in [0.4, 0.5) is 5.69 Å². The lowest BCUT2D eigenvalue weighted by Gasteiger charge is -2.11. The predicted octanol–water partition coefficient (Wildman–Crippen LogP) is 6.39. The van der Waals surface area contributed by atoms with Crippen LogP contribution in [0, 0.1) is 0 Å². The van der Waals surface area contributed by atoms with Crippen molar-refractivity contribution in [2.45, 2.75) is 6.54 Å². The molecule has 1 heterocycles. The smallest absolute Gasteiger partial charge is 0.267 e. The number of halogens is 2. The molecule has 4 aromatic rings. The predicted molar refractivity (Wildman–Crippen MR) is 124 cm³/mol. The Bertz CT molecular complexity index is 1240. The average Bonchev–Trinajstić information content (AvgIpc) is 3.10. The molecule has 2 amide bonds. The Hall–Kier alpha value is -2.86. The number of fused-ring (bicyclic) bond motifs is 1. The van der Waals surface area contributed by atoms with Gasteiger partial charge in [0.1, 0.15) is 4.88 Å². The summed E-state index contributed by atoms with van der Waals surface area (Å²) in [6.07, 6.45) is 0. The molecule has 0 saturated heterocycles. The van der Waals surface area contributed by atoms with E-state index >= 15 is 0 Å². The number of hydrogen-bond donors (Lipinski definition) is 2. The SMILES string of the molecule is O=C(NCc1ccc(Cl)cc1)c1ccccc1NC(=O)c1sc2ccccc2c1Cl. The van der Waals surface area contributed by atoms with E-state index in [4.69, 9.17) is 23.2 Å². The van der Waals surface area contributed by atoms with Crippen LogP contribution in [0.25, 0.3) is 10.1 Å². The van der Waals surface area contributed by atoms with Gasteiger partial charge in [-0.2, -0.15) is 0 Å². The summed E-state index contributed by atoms with van der Waals surface area (Å²) in [5.41, 5.74) is 1.72. The lowest BCUT2D eigenvalue weighted by Crippen LogP contribution is -2.24. The van der Waals surface area contributed by atoms with E-state index in [0.717, 1.165) is 15.6 Å². The molecule has 0 bridgehead atoms. The van der Waals surface area contributed by atoms with Crippen LogP contribution in [-0.4, -0.2) is 11.8 Å². The second kappa shape index (κ2) is 8.88. The van der Waals surface area contributed by atoms with Crippen LogP contribution in [0.5, 0.6) is 0 Å². The Morgan fingerprint density at radius 2 is 1.53 bits per heavy atom. The van der Waals surface area contributed by atoms with Gasteiger partial charge in [0.15, 0.2) is 0 Å². The van der Waals surface area contributed by atoms with Crippen molar-refractivity contribution < 1.29 is 9.59 Å². The Labute approximate surface area is 187 Å². The zero-order valence-corrected chi connectivity index (χ0v) is 17.9. The molecule has 0 atom stereocenters. The second-order valence-electron chi connectivity index (χ2n) is 6.55. The molecular formula is C23H16Cl2N2O2S. The third kappa shape index (κ3) is 4.33. The first kappa shape index (κ1) is 20.4. The van der Waals surface area contributed by atoms with Crippen molar-refractivity contribution >= 4 is 62.1 Å². The molecule has 0 aliphatic carbocycles. The summed E-state index contributed by atoms with van der Waals surface area (Å²) in [6.45, 7) is 0.348. The van der Waals surface area contributed by atoms with E-state index in [0.29, 0.717) is 32.7 Å². The third-order valence-electron chi connectivity index (χ3n) is 4.53. The van der Waals surface area contributed by atoms with E-state index in [1.165, 1.54) is 11.3 Å². The van der Waals surface area contributed by atoms with Gasteiger partial charge < -0.3 is 10.6 Å². The maximum atomic E-state index is 12.9. The largest absolute Gasteiger partial charge is 0.348 e. The topological polar surface area (TPSA) is 58.2 Å². The number of rotatable bonds is 5. The van der Waals surface area contributed by atoms with Crippen LogP contribution >= 0.6 is 34.5 Å². The van der Waals surface area contributed by atoms with Crippen molar-refractivity contribution in [1.29, 1.82) is 0 Å². The average molecular weight is 455 g/mol. The first-order chi connectivity index (χ1) is 14.5. The standard InChI is InChI=1S/C23H16Cl2N2O2S/c24-15-11-9-14(10-12-15)13-26-22(28)16-5-1-3-7-18(16)27-23(29)21-20(25)17-6-2-4-8-19(17)30-21/h1-12H,13H2,(H,26,28)(H,27,29). The van der Waals surface area contributed by atoms with Gasteiger partial charge in [0.2, 0.25) is 0 Å². The molecule has 0 unspecified atom stereocenters. The zero-order valence-electron chi connectivity index (χ0n) is 15.6. The summed E-state index contributed by atoms with van der Waals surface area (Å²) in [5.74, 6) is -0.637. The van der Waals surface area contributed by atoms with Crippen molar-refractivity contribution in [2.24, 2.45) is 0 Å². The van der Waals surface area contributed by atoms with Crippen molar-refractivity contribution in [1.82, 2.24) is 5.32 Å². The minimum Gasteiger partial charge on any atom is -0.348 e. The monoisotopic (exact) mass is 454 g/mol. The molecule has 0 saturated carbocycles. The van der Waals surface area contributed by atoms with Gasteiger partial charge in [-0.05, 0) is 35.9 Å². The van der Waals surface area contributed by atoms with E-state index in [1.807, 2.05) is 36.4 Å². The van der Waals surface area contributed by atoms with Gasteiger partial charge in [-0.3, -0.25) is 9.59 Å². The summed E-state index contributed by atoms with van der Waals surface area (Å²) in [5, 5.41) is 7.58. The molecule has 1 aromatic heterocycles. The molecule has 3 aromatic carbocycles. The molecule has 0 fully saturated rings. The molecule has 30 heavy (non-hydrogen) atoms. The molecule has 150 valence electrons. The highest BCUT2D eigenvalue weighted by Crippen LogP contribution is 2.35. The molecule has 4 nitrogen and oxygen atoms in total. The second-order valence-corrected chi connectivity index (χ2v) is 8.42. The number of nitrogens with one attached hydrogen (secondary N) is 2.